The first kappa shape index (κ1) is 37.1. The number of hydrogen-bond acceptors (Lipinski definition) is 9. The number of aliphatic imine (C=N–C) groups is 3. The molecule has 0 aromatic rings. The Hall–Kier alpha value is -4.88. The molecule has 0 fully saturated rings. The standard InChI is InChI=1S/C22H44N14O6/c23-12(4-1-7-30-20(24)25)17(40)35-14(6-3-9-32-22(28)29)19(42)36-13(5-2-8-31-21(26)27)18(41)34-10-15(37)33-11-16(38)39/h12-14H,1-11,23H2,(H,33,37)(H,34,41)(H,35,40)(H,36,42)(H,38,39)(H4,24,25,30)(H4,26,27,31)(H4,28,29,32)/t12-,13-,14-/m0/s1. The van der Waals surface area contributed by atoms with Crippen LogP contribution in [0.3, 0.4) is 0 Å². The van der Waals surface area contributed by atoms with E-state index in [2.05, 4.69) is 36.2 Å². The van der Waals surface area contributed by atoms with Crippen LogP contribution in [0, 0.1) is 0 Å². The van der Waals surface area contributed by atoms with E-state index < -0.39 is 60.8 Å². The highest BCUT2D eigenvalue weighted by Crippen LogP contribution is 2.05. The van der Waals surface area contributed by atoms with Crippen molar-refractivity contribution in [3.63, 3.8) is 0 Å². The molecular weight excluding hydrogens is 556 g/mol. The lowest BCUT2D eigenvalue weighted by molar-refractivity contribution is -0.138. The Kier molecular flexibility index (Phi) is 18.5. The minimum absolute atomic E-state index is 0.0596. The summed E-state index contributed by atoms with van der Waals surface area (Å²) in [6, 6.07) is -3.26. The zero-order valence-corrected chi connectivity index (χ0v) is 23.4. The van der Waals surface area contributed by atoms with Gasteiger partial charge in [-0.1, -0.05) is 0 Å². The largest absolute Gasteiger partial charge is 0.480 e. The van der Waals surface area contributed by atoms with E-state index >= 15 is 0 Å². The van der Waals surface area contributed by atoms with Crippen molar-refractivity contribution in [1.82, 2.24) is 21.3 Å². The first-order valence-corrected chi connectivity index (χ1v) is 13.0. The molecule has 4 amide bonds. The molecule has 0 aromatic carbocycles. The third-order valence-corrected chi connectivity index (χ3v) is 5.32. The van der Waals surface area contributed by atoms with Gasteiger partial charge in [0.05, 0.1) is 12.6 Å². The topological polar surface area (TPSA) is 373 Å². The number of rotatable bonds is 21. The molecule has 0 radical (unpaired) electrons. The molecule has 0 aliphatic heterocycles. The predicted molar refractivity (Wildman–Crippen MR) is 155 cm³/mol. The number of nitrogens with two attached hydrogens (primary N) is 7. The van der Waals surface area contributed by atoms with Crippen LogP contribution in [0.4, 0.5) is 0 Å². The van der Waals surface area contributed by atoms with Crippen LogP contribution in [-0.2, 0) is 24.0 Å². The predicted octanol–water partition coefficient (Wildman–Crippen LogP) is -6.24. The van der Waals surface area contributed by atoms with Crippen LogP contribution in [0.25, 0.3) is 0 Å². The Morgan fingerprint density at radius 2 is 1.02 bits per heavy atom. The van der Waals surface area contributed by atoms with Crippen LogP contribution in [0.1, 0.15) is 38.5 Å². The fraction of sp³-hybridized carbons (Fsp3) is 0.636. The van der Waals surface area contributed by atoms with Crippen LogP contribution in [-0.4, -0.2) is 103 Å². The lowest BCUT2D eigenvalue weighted by Crippen LogP contribution is -2.56. The van der Waals surface area contributed by atoms with Crippen molar-refractivity contribution in [1.29, 1.82) is 0 Å². The number of guanidine groups is 3. The Morgan fingerprint density at radius 1 is 0.595 bits per heavy atom. The quantitative estimate of drug-likeness (QED) is 0.0331. The normalized spacial score (nSPS) is 12.4. The lowest BCUT2D eigenvalue weighted by atomic mass is 10.1. The summed E-state index contributed by atoms with van der Waals surface area (Å²) in [6.07, 6.45) is 1.35. The number of carbonyl (C=O) groups excluding carboxylic acids is 4. The fourth-order valence-corrected chi connectivity index (χ4v) is 3.27. The third kappa shape index (κ3) is 19.2. The first-order valence-electron chi connectivity index (χ1n) is 13.0. The zero-order chi connectivity index (χ0) is 32.1. The van der Waals surface area contributed by atoms with E-state index in [1.54, 1.807) is 0 Å². The van der Waals surface area contributed by atoms with Gasteiger partial charge in [0.15, 0.2) is 17.9 Å². The zero-order valence-electron chi connectivity index (χ0n) is 23.4. The summed E-state index contributed by atoms with van der Waals surface area (Å²) >= 11 is 0. The molecule has 0 rings (SSSR count). The summed E-state index contributed by atoms with van der Waals surface area (Å²) in [4.78, 5) is 72.8. The number of carbonyl (C=O) groups is 5. The van der Waals surface area contributed by atoms with Crippen molar-refractivity contribution in [2.45, 2.75) is 56.7 Å². The SMILES string of the molecule is NC(N)=NCCC[C@H](NC(=O)[C@H](CCCN=C(N)N)NC(=O)[C@@H](N)CCCN=C(N)N)C(=O)NCC(=O)NCC(=O)O. The molecule has 42 heavy (non-hydrogen) atoms. The van der Waals surface area contributed by atoms with Gasteiger partial charge in [-0.25, -0.2) is 0 Å². The summed E-state index contributed by atoms with van der Waals surface area (Å²) < 4.78 is 0. The Bertz CT molecular complexity index is 990. The number of hydrogen-bond donors (Lipinski definition) is 12. The van der Waals surface area contributed by atoms with E-state index in [0.717, 1.165) is 0 Å². The summed E-state index contributed by atoms with van der Waals surface area (Å²) in [6.45, 7) is -0.601. The molecule has 0 unspecified atom stereocenters. The maximum atomic E-state index is 13.2. The summed E-state index contributed by atoms with van der Waals surface area (Å²) in [5.41, 5.74) is 37.8. The van der Waals surface area contributed by atoms with E-state index in [-0.39, 0.29) is 63.2 Å². The van der Waals surface area contributed by atoms with E-state index in [0.29, 0.717) is 12.8 Å². The van der Waals surface area contributed by atoms with Gasteiger partial charge in [0.1, 0.15) is 18.6 Å². The van der Waals surface area contributed by atoms with Crippen molar-refractivity contribution in [2.75, 3.05) is 32.7 Å². The van der Waals surface area contributed by atoms with Crippen LogP contribution in [0.2, 0.25) is 0 Å². The molecule has 0 aliphatic carbocycles. The average molecular weight is 601 g/mol. The van der Waals surface area contributed by atoms with Gasteiger partial charge in [-0.3, -0.25) is 38.9 Å². The molecule has 19 N–H and O–H groups in total. The molecule has 0 saturated carbocycles. The molecule has 0 heterocycles. The van der Waals surface area contributed by atoms with Crippen LogP contribution < -0.4 is 61.4 Å². The van der Waals surface area contributed by atoms with Crippen LogP contribution in [0.15, 0.2) is 15.0 Å². The van der Waals surface area contributed by atoms with E-state index in [1.165, 1.54) is 0 Å². The smallest absolute Gasteiger partial charge is 0.322 e. The van der Waals surface area contributed by atoms with Gasteiger partial charge in [0.2, 0.25) is 23.6 Å². The van der Waals surface area contributed by atoms with Gasteiger partial charge >= 0.3 is 5.97 Å². The lowest BCUT2D eigenvalue weighted by Gasteiger charge is -2.24. The molecule has 3 atom stereocenters. The molecule has 20 nitrogen and oxygen atoms in total. The Labute approximate surface area is 242 Å². The molecule has 0 spiro atoms. The molecule has 238 valence electrons. The molecule has 0 aliphatic rings. The summed E-state index contributed by atoms with van der Waals surface area (Å²) in [5, 5.41) is 18.2. The van der Waals surface area contributed by atoms with Crippen molar-refractivity contribution in [3.05, 3.63) is 0 Å². The highest BCUT2D eigenvalue weighted by Gasteiger charge is 2.28. The maximum absolute atomic E-state index is 13.2. The maximum Gasteiger partial charge on any atom is 0.322 e. The molecule has 20 heteroatoms. The second-order valence-corrected chi connectivity index (χ2v) is 8.96. The first-order chi connectivity index (χ1) is 19.7. The molecule has 0 saturated heterocycles. The van der Waals surface area contributed by atoms with Gasteiger partial charge in [0.25, 0.3) is 0 Å². The second kappa shape index (κ2) is 20.9. The highest BCUT2D eigenvalue weighted by molar-refractivity contribution is 5.94. The number of carboxylic acids is 1. The van der Waals surface area contributed by atoms with Gasteiger partial charge in [0, 0.05) is 19.6 Å². The fourth-order valence-electron chi connectivity index (χ4n) is 3.27. The van der Waals surface area contributed by atoms with Crippen molar-refractivity contribution >= 4 is 47.5 Å². The highest BCUT2D eigenvalue weighted by atomic mass is 16.4. The van der Waals surface area contributed by atoms with Gasteiger partial charge in [-0.15, -0.1) is 0 Å². The summed E-state index contributed by atoms with van der Waals surface area (Å²) in [7, 11) is 0. The van der Waals surface area contributed by atoms with Gasteiger partial charge in [-0.2, -0.15) is 0 Å². The second-order valence-electron chi connectivity index (χ2n) is 8.96. The number of amides is 4. The number of nitrogens with zero attached hydrogens (tertiary/aromatic N) is 3. The summed E-state index contributed by atoms with van der Waals surface area (Å²) in [5.74, 6) is -4.48. The molecular formula is C22H44N14O6. The monoisotopic (exact) mass is 600 g/mol. The average Bonchev–Trinajstić information content (AvgIpc) is 2.90. The number of nitrogens with one attached hydrogen (secondary N) is 4. The van der Waals surface area contributed by atoms with Crippen molar-refractivity contribution in [2.24, 2.45) is 55.1 Å². The van der Waals surface area contributed by atoms with Crippen molar-refractivity contribution < 1.29 is 29.1 Å². The minimum atomic E-state index is -1.26. The van der Waals surface area contributed by atoms with Gasteiger partial charge in [-0.05, 0) is 38.5 Å². The third-order valence-electron chi connectivity index (χ3n) is 5.32. The minimum Gasteiger partial charge on any atom is -0.480 e. The van der Waals surface area contributed by atoms with E-state index in [9.17, 15) is 24.0 Å². The van der Waals surface area contributed by atoms with Crippen LogP contribution >= 0.6 is 0 Å². The van der Waals surface area contributed by atoms with Gasteiger partial charge < -0.3 is 66.5 Å². The van der Waals surface area contributed by atoms with E-state index in [1.807, 2.05) is 0 Å². The van der Waals surface area contributed by atoms with E-state index in [4.69, 9.17) is 45.2 Å². The van der Waals surface area contributed by atoms with Crippen molar-refractivity contribution in [3.8, 4) is 0 Å². The van der Waals surface area contributed by atoms with Crippen LogP contribution in [0.5, 0.6) is 0 Å². The number of carboxylic acid groups (broad SMARTS) is 1. The molecule has 0 bridgehead atoms. The molecule has 0 aromatic heterocycles. The Morgan fingerprint density at radius 3 is 1.48 bits per heavy atom. The number of aliphatic carboxylic acids is 1. The Balaban J connectivity index is 5.54.